The summed E-state index contributed by atoms with van der Waals surface area (Å²) in [4.78, 5) is 21.8. The molecule has 0 saturated heterocycles. The van der Waals surface area contributed by atoms with E-state index in [1.54, 1.807) is 50.5 Å². The van der Waals surface area contributed by atoms with E-state index in [9.17, 15) is 4.79 Å². The second kappa shape index (κ2) is 7.26. The van der Waals surface area contributed by atoms with Crippen molar-refractivity contribution in [1.29, 1.82) is 0 Å². The Balaban J connectivity index is 1.96. The number of nitrogens with zero attached hydrogens (tertiary/aromatic N) is 7. The van der Waals surface area contributed by atoms with Gasteiger partial charge in [-0.3, -0.25) is 23.8 Å². The second-order valence-corrected chi connectivity index (χ2v) is 7.50. The molecule has 0 amide bonds. The van der Waals surface area contributed by atoms with Gasteiger partial charge in [0.1, 0.15) is 11.4 Å². The largest absolute Gasteiger partial charge is 0.496 e. The minimum Gasteiger partial charge on any atom is -0.496 e. The molecule has 0 bridgehead atoms. The number of aromatic nitrogens is 7. The minimum absolute atomic E-state index is 0.197. The molecular weight excluding hydrogens is 413 g/mol. The van der Waals surface area contributed by atoms with Crippen LogP contribution in [0.5, 0.6) is 5.75 Å². The highest BCUT2D eigenvalue weighted by Crippen LogP contribution is 2.36. The predicted octanol–water partition coefficient (Wildman–Crippen LogP) is 2.78. The number of methoxy groups -OCH3 is 1. The van der Waals surface area contributed by atoms with Crippen LogP contribution in [0.25, 0.3) is 38.9 Å². The van der Waals surface area contributed by atoms with Gasteiger partial charge in [0.2, 0.25) is 0 Å². The molecule has 9 nitrogen and oxygen atoms in total. The van der Waals surface area contributed by atoms with Gasteiger partial charge in [0.25, 0.3) is 0 Å². The van der Waals surface area contributed by atoms with Gasteiger partial charge in [0.05, 0.1) is 47.9 Å². The first-order valence-electron chi connectivity index (χ1n) is 10.0. The molecule has 10 heteroatoms. The third-order valence-corrected chi connectivity index (χ3v) is 5.64. The van der Waals surface area contributed by atoms with Crippen molar-refractivity contribution in [3.63, 3.8) is 0 Å². The average molecular weight is 433 g/mol. The van der Waals surface area contributed by atoms with Crippen molar-refractivity contribution in [3.8, 4) is 22.7 Å². The number of rotatable bonds is 4. The molecule has 0 aliphatic carbocycles. The van der Waals surface area contributed by atoms with Crippen molar-refractivity contribution >= 4 is 21.9 Å². The Morgan fingerprint density at radius 2 is 1.97 bits per heavy atom. The molecule has 1 aromatic carbocycles. The van der Waals surface area contributed by atoms with E-state index < -0.39 is 5.82 Å². The number of ether oxygens (including phenoxy) is 1. The molecule has 0 aliphatic rings. The lowest BCUT2D eigenvalue weighted by molar-refractivity contribution is 0.417. The van der Waals surface area contributed by atoms with E-state index in [0.29, 0.717) is 50.9 Å². The molecule has 0 N–H and O–H groups in total. The summed E-state index contributed by atoms with van der Waals surface area (Å²) in [6.45, 7) is 1.90. The van der Waals surface area contributed by atoms with Gasteiger partial charge in [0, 0.05) is 37.3 Å². The summed E-state index contributed by atoms with van der Waals surface area (Å²) in [6.07, 6.45) is 6.61. The lowest BCUT2D eigenvalue weighted by Gasteiger charge is -2.12. The predicted molar refractivity (Wildman–Crippen MR) is 117 cm³/mol. The van der Waals surface area contributed by atoms with E-state index in [-0.39, 0.29) is 11.4 Å². The number of imidazole rings is 1. The number of fused-ring (bicyclic) bond motifs is 3. The summed E-state index contributed by atoms with van der Waals surface area (Å²) in [5.74, 6) is 0.00518. The normalized spacial score (nSPS) is 11.5. The van der Waals surface area contributed by atoms with E-state index >= 15 is 4.39 Å². The van der Waals surface area contributed by atoms with Gasteiger partial charge in [-0.2, -0.15) is 0 Å². The highest BCUT2D eigenvalue weighted by Gasteiger charge is 2.22. The standard InChI is InChI=1S/C22H20FN7O2/c1-5-12-8-24-9-15(23)20(12)30-21-14-6-13(17-11-28(2)27-26-17)19(32-4)7-16(14)25-10-18(21)29(3)22(30)31/h6-11H,5H2,1-4H3. The Labute approximate surface area is 181 Å². The van der Waals surface area contributed by atoms with Gasteiger partial charge in [-0.15, -0.1) is 5.10 Å². The summed E-state index contributed by atoms with van der Waals surface area (Å²) in [5, 5.41) is 8.87. The maximum absolute atomic E-state index is 15.0. The minimum atomic E-state index is -0.563. The van der Waals surface area contributed by atoms with Crippen LogP contribution in [0.15, 0.2) is 41.7 Å². The molecule has 5 rings (SSSR count). The van der Waals surface area contributed by atoms with Gasteiger partial charge in [-0.05, 0) is 18.1 Å². The van der Waals surface area contributed by atoms with Crippen LogP contribution in [-0.4, -0.2) is 41.2 Å². The average Bonchev–Trinajstić information content (AvgIpc) is 3.34. The molecule has 5 aromatic rings. The SMILES string of the molecule is CCc1cncc(F)c1-n1c(=O)n(C)c2cnc3cc(OC)c(-c4cn(C)nn4)cc3c21. The van der Waals surface area contributed by atoms with Gasteiger partial charge in [0.15, 0.2) is 5.82 Å². The molecule has 0 radical (unpaired) electrons. The molecule has 0 spiro atoms. The van der Waals surface area contributed by atoms with E-state index in [1.165, 1.54) is 9.13 Å². The fraction of sp³-hybridized carbons (Fsp3) is 0.227. The highest BCUT2D eigenvalue weighted by atomic mass is 19.1. The number of hydrogen-bond donors (Lipinski definition) is 0. The van der Waals surface area contributed by atoms with Crippen LogP contribution in [-0.2, 0) is 20.5 Å². The first kappa shape index (κ1) is 19.9. The van der Waals surface area contributed by atoms with Crippen LogP contribution in [0.4, 0.5) is 4.39 Å². The lowest BCUT2D eigenvalue weighted by Crippen LogP contribution is -2.22. The summed E-state index contributed by atoms with van der Waals surface area (Å²) >= 11 is 0. The molecule has 0 aliphatic heterocycles. The molecule has 32 heavy (non-hydrogen) atoms. The van der Waals surface area contributed by atoms with Gasteiger partial charge >= 0.3 is 5.69 Å². The first-order valence-corrected chi connectivity index (χ1v) is 10.0. The monoisotopic (exact) mass is 433 g/mol. The van der Waals surface area contributed by atoms with Crippen molar-refractivity contribution in [2.24, 2.45) is 14.1 Å². The molecule has 0 atom stereocenters. The summed E-state index contributed by atoms with van der Waals surface area (Å²) < 4.78 is 25.1. The fourth-order valence-corrected chi connectivity index (χ4v) is 4.05. The Morgan fingerprint density at radius 3 is 2.66 bits per heavy atom. The number of halogens is 1. The van der Waals surface area contributed by atoms with Crippen molar-refractivity contribution < 1.29 is 9.13 Å². The topological polar surface area (TPSA) is 92.7 Å². The third kappa shape index (κ3) is 2.79. The van der Waals surface area contributed by atoms with Crippen LogP contribution in [0.3, 0.4) is 0 Å². The zero-order valence-corrected chi connectivity index (χ0v) is 18.0. The van der Waals surface area contributed by atoms with Gasteiger partial charge in [-0.25, -0.2) is 9.18 Å². The molecule has 4 aromatic heterocycles. The maximum atomic E-state index is 15.0. The van der Waals surface area contributed by atoms with Crippen LogP contribution in [0.2, 0.25) is 0 Å². The smallest absolute Gasteiger partial charge is 0.333 e. The van der Waals surface area contributed by atoms with Gasteiger partial charge in [-0.1, -0.05) is 12.1 Å². The number of aryl methyl sites for hydroxylation is 3. The van der Waals surface area contributed by atoms with Gasteiger partial charge < -0.3 is 4.74 Å². The molecule has 4 heterocycles. The van der Waals surface area contributed by atoms with E-state index in [1.807, 2.05) is 13.0 Å². The Morgan fingerprint density at radius 1 is 1.16 bits per heavy atom. The van der Waals surface area contributed by atoms with Crippen molar-refractivity contribution in [2.45, 2.75) is 13.3 Å². The zero-order chi connectivity index (χ0) is 22.6. The molecule has 162 valence electrons. The first-order chi connectivity index (χ1) is 15.4. The zero-order valence-electron chi connectivity index (χ0n) is 18.0. The van der Waals surface area contributed by atoms with E-state index in [0.717, 1.165) is 6.20 Å². The Bertz CT molecular complexity index is 1560. The fourth-order valence-electron chi connectivity index (χ4n) is 4.05. The maximum Gasteiger partial charge on any atom is 0.333 e. The van der Waals surface area contributed by atoms with Crippen LogP contribution in [0.1, 0.15) is 12.5 Å². The molecule has 0 fully saturated rings. The van der Waals surface area contributed by atoms with Crippen LogP contribution >= 0.6 is 0 Å². The summed E-state index contributed by atoms with van der Waals surface area (Å²) in [5.41, 5.74) is 3.49. The quantitative estimate of drug-likeness (QED) is 0.433. The van der Waals surface area contributed by atoms with Crippen LogP contribution in [0, 0.1) is 5.82 Å². The van der Waals surface area contributed by atoms with Crippen LogP contribution < -0.4 is 10.4 Å². The number of benzene rings is 1. The molecular formula is C22H20FN7O2. The summed E-state index contributed by atoms with van der Waals surface area (Å²) in [6, 6.07) is 3.64. The summed E-state index contributed by atoms with van der Waals surface area (Å²) in [7, 11) is 4.99. The van der Waals surface area contributed by atoms with E-state index in [4.69, 9.17) is 4.74 Å². The lowest BCUT2D eigenvalue weighted by atomic mass is 10.1. The second-order valence-electron chi connectivity index (χ2n) is 7.50. The van der Waals surface area contributed by atoms with Crippen molar-refractivity contribution in [1.82, 2.24) is 34.1 Å². The Hall–Kier alpha value is -4.08. The molecule has 0 saturated carbocycles. The molecule has 0 unspecified atom stereocenters. The number of pyridine rings is 2. The van der Waals surface area contributed by atoms with Crippen molar-refractivity contribution in [3.05, 3.63) is 58.8 Å². The van der Waals surface area contributed by atoms with E-state index in [2.05, 4.69) is 20.3 Å². The third-order valence-electron chi connectivity index (χ3n) is 5.64. The Kier molecular flexibility index (Phi) is 4.50. The highest BCUT2D eigenvalue weighted by molar-refractivity contribution is 6.05. The number of hydrogen-bond acceptors (Lipinski definition) is 6. The van der Waals surface area contributed by atoms with Crippen molar-refractivity contribution in [2.75, 3.05) is 7.11 Å².